The smallest absolute Gasteiger partial charge is 0.326 e. The Morgan fingerprint density at radius 3 is 1.90 bits per heavy atom. The molecule has 0 saturated carbocycles. The number of amides is 4. The number of nitrogens with one attached hydrogen (secondary N) is 4. The molecule has 1 heterocycles. The van der Waals surface area contributed by atoms with Crippen LogP contribution in [-0.4, -0.2) is 73.9 Å². The summed E-state index contributed by atoms with van der Waals surface area (Å²) < 4.78 is 0. The van der Waals surface area contributed by atoms with Crippen LogP contribution in [0.3, 0.4) is 0 Å². The fourth-order valence-electron chi connectivity index (χ4n) is 4.09. The lowest BCUT2D eigenvalue weighted by Crippen LogP contribution is -2.58. The van der Waals surface area contributed by atoms with Crippen LogP contribution >= 0.6 is 0 Å². The van der Waals surface area contributed by atoms with Crippen molar-refractivity contribution in [3.8, 4) is 5.75 Å². The minimum Gasteiger partial charge on any atom is -0.508 e. The molecule has 0 fully saturated rings. The van der Waals surface area contributed by atoms with Crippen LogP contribution in [-0.2, 0) is 43.2 Å². The number of hydrogen-bond donors (Lipinski definition) is 8. The van der Waals surface area contributed by atoms with Gasteiger partial charge in [-0.2, -0.15) is 0 Å². The standard InChI is InChI=1S/C28H33N7O7/c29-20(13-24(30)37)25(38)33-22(12-18-14-31-15-32-18)27(40)34-21(10-16-4-2-1-3-5-16)26(39)35-23(28(41)42)11-17-6-8-19(36)9-7-17/h1-9,14-15,20-23,36H,10-13,29H2,(H2,30,37)(H,31,32)(H,33,38)(H,34,40)(H,35,39)(H,41,42). The molecular formula is C28H33N7O7. The van der Waals surface area contributed by atoms with E-state index >= 15 is 0 Å². The maximum atomic E-state index is 13.5. The number of hydrogen-bond acceptors (Lipinski definition) is 8. The fraction of sp³-hybridized carbons (Fsp3) is 0.286. The second-order valence-corrected chi connectivity index (χ2v) is 9.64. The molecule has 0 aliphatic heterocycles. The van der Waals surface area contributed by atoms with Crippen LogP contribution in [0.25, 0.3) is 0 Å². The molecule has 1 aromatic heterocycles. The number of H-pyrrole nitrogens is 1. The summed E-state index contributed by atoms with van der Waals surface area (Å²) in [6.07, 6.45) is 2.26. The number of rotatable bonds is 15. The number of aromatic hydroxyl groups is 1. The molecule has 4 unspecified atom stereocenters. The van der Waals surface area contributed by atoms with E-state index in [4.69, 9.17) is 11.5 Å². The molecule has 4 amide bonds. The van der Waals surface area contributed by atoms with Gasteiger partial charge in [0.15, 0.2) is 0 Å². The van der Waals surface area contributed by atoms with E-state index in [9.17, 15) is 34.2 Å². The molecule has 0 saturated heterocycles. The third-order valence-electron chi connectivity index (χ3n) is 6.28. The average molecular weight is 580 g/mol. The Kier molecular flexibility index (Phi) is 11.1. The molecule has 42 heavy (non-hydrogen) atoms. The van der Waals surface area contributed by atoms with Crippen molar-refractivity contribution in [3.63, 3.8) is 0 Å². The topological polar surface area (TPSA) is 243 Å². The molecule has 0 bridgehead atoms. The van der Waals surface area contributed by atoms with Gasteiger partial charge in [-0.15, -0.1) is 0 Å². The highest BCUT2D eigenvalue weighted by Gasteiger charge is 2.31. The van der Waals surface area contributed by atoms with Crippen molar-refractivity contribution in [2.45, 2.75) is 49.9 Å². The predicted octanol–water partition coefficient (Wildman–Crippen LogP) is -1.12. The molecule has 3 aromatic rings. The number of carbonyl (C=O) groups excluding carboxylic acids is 4. The Morgan fingerprint density at radius 1 is 0.786 bits per heavy atom. The molecule has 0 aliphatic rings. The molecule has 4 atom stereocenters. The highest BCUT2D eigenvalue weighted by atomic mass is 16.4. The molecule has 14 heteroatoms. The van der Waals surface area contributed by atoms with Gasteiger partial charge in [-0.05, 0) is 23.3 Å². The largest absolute Gasteiger partial charge is 0.508 e. The van der Waals surface area contributed by atoms with E-state index in [0.29, 0.717) is 16.8 Å². The van der Waals surface area contributed by atoms with Gasteiger partial charge < -0.3 is 42.6 Å². The number of carboxylic acids is 1. The van der Waals surface area contributed by atoms with Gasteiger partial charge in [0.05, 0.1) is 18.8 Å². The number of carboxylic acid groups (broad SMARTS) is 1. The van der Waals surface area contributed by atoms with Crippen LogP contribution in [0.15, 0.2) is 67.1 Å². The quantitative estimate of drug-likeness (QED) is 0.109. The Hall–Kier alpha value is -5.24. The monoisotopic (exact) mass is 579 g/mol. The number of phenols is 1. The number of aromatic nitrogens is 2. The second-order valence-electron chi connectivity index (χ2n) is 9.64. The first kappa shape index (κ1) is 31.3. The average Bonchev–Trinajstić information content (AvgIpc) is 3.46. The van der Waals surface area contributed by atoms with Gasteiger partial charge in [0.2, 0.25) is 23.6 Å². The summed E-state index contributed by atoms with van der Waals surface area (Å²) in [5.41, 5.74) is 12.6. The van der Waals surface area contributed by atoms with Gasteiger partial charge in [0.1, 0.15) is 23.9 Å². The zero-order valence-electron chi connectivity index (χ0n) is 22.5. The van der Waals surface area contributed by atoms with E-state index in [-0.39, 0.29) is 25.0 Å². The molecule has 0 radical (unpaired) electrons. The Balaban J connectivity index is 1.82. The number of nitrogens with zero attached hydrogens (tertiary/aromatic N) is 1. The number of benzene rings is 2. The maximum absolute atomic E-state index is 13.5. The highest BCUT2D eigenvalue weighted by molar-refractivity contribution is 5.95. The van der Waals surface area contributed by atoms with E-state index in [2.05, 4.69) is 25.9 Å². The van der Waals surface area contributed by atoms with Gasteiger partial charge >= 0.3 is 5.97 Å². The Labute approximate surface area is 240 Å². The molecule has 10 N–H and O–H groups in total. The predicted molar refractivity (Wildman–Crippen MR) is 149 cm³/mol. The van der Waals surface area contributed by atoms with E-state index in [0.717, 1.165) is 0 Å². The summed E-state index contributed by atoms with van der Waals surface area (Å²) in [6, 6.07) is 9.50. The van der Waals surface area contributed by atoms with E-state index < -0.39 is 60.2 Å². The van der Waals surface area contributed by atoms with Crippen LogP contribution in [0, 0.1) is 0 Å². The van der Waals surface area contributed by atoms with Crippen LogP contribution in [0.1, 0.15) is 23.2 Å². The highest BCUT2D eigenvalue weighted by Crippen LogP contribution is 2.12. The van der Waals surface area contributed by atoms with Crippen molar-refractivity contribution < 1.29 is 34.2 Å². The van der Waals surface area contributed by atoms with Gasteiger partial charge in [-0.25, -0.2) is 9.78 Å². The molecule has 14 nitrogen and oxygen atoms in total. The van der Waals surface area contributed by atoms with Gasteiger partial charge in [-0.1, -0.05) is 42.5 Å². The summed E-state index contributed by atoms with van der Waals surface area (Å²) in [6.45, 7) is 0. The first-order valence-electron chi connectivity index (χ1n) is 13.0. The van der Waals surface area contributed by atoms with Crippen molar-refractivity contribution in [2.75, 3.05) is 0 Å². The molecule has 2 aromatic carbocycles. The van der Waals surface area contributed by atoms with Gasteiger partial charge in [0, 0.05) is 31.2 Å². The number of phenolic OH excluding ortho intramolecular Hbond substituents is 1. The van der Waals surface area contributed by atoms with Crippen molar-refractivity contribution in [3.05, 3.63) is 83.9 Å². The lowest BCUT2D eigenvalue weighted by Gasteiger charge is -2.25. The minimum atomic E-state index is -1.34. The Morgan fingerprint density at radius 2 is 1.33 bits per heavy atom. The van der Waals surface area contributed by atoms with Crippen molar-refractivity contribution >= 4 is 29.6 Å². The third kappa shape index (κ3) is 9.75. The van der Waals surface area contributed by atoms with Crippen LogP contribution in [0.4, 0.5) is 0 Å². The van der Waals surface area contributed by atoms with Crippen molar-refractivity contribution in [2.24, 2.45) is 11.5 Å². The summed E-state index contributed by atoms with van der Waals surface area (Å²) in [5, 5.41) is 26.9. The SMILES string of the molecule is NC(=O)CC(N)C(=O)NC(Cc1cnc[nH]1)C(=O)NC(Cc1ccccc1)C(=O)NC(Cc1ccc(O)cc1)C(=O)O. The van der Waals surface area contributed by atoms with Gasteiger partial charge in [0.25, 0.3) is 0 Å². The summed E-state index contributed by atoms with van der Waals surface area (Å²) in [5.74, 6) is -4.42. The first-order valence-corrected chi connectivity index (χ1v) is 13.0. The zero-order chi connectivity index (χ0) is 30.6. The number of aromatic amines is 1. The summed E-state index contributed by atoms with van der Waals surface area (Å²) in [4.78, 5) is 69.5. The number of aliphatic carboxylic acids is 1. The third-order valence-corrected chi connectivity index (χ3v) is 6.28. The number of primary amides is 1. The first-order chi connectivity index (χ1) is 20.0. The van der Waals surface area contributed by atoms with E-state index in [1.165, 1.54) is 36.8 Å². The molecular weight excluding hydrogens is 546 g/mol. The number of nitrogens with two attached hydrogens (primary N) is 2. The van der Waals surface area contributed by atoms with Crippen molar-refractivity contribution in [1.29, 1.82) is 0 Å². The maximum Gasteiger partial charge on any atom is 0.326 e. The minimum absolute atomic E-state index is 0.00709. The molecule has 0 spiro atoms. The zero-order valence-corrected chi connectivity index (χ0v) is 22.5. The lowest BCUT2D eigenvalue weighted by molar-refractivity contribution is -0.142. The van der Waals surface area contributed by atoms with Gasteiger partial charge in [-0.3, -0.25) is 19.2 Å². The lowest BCUT2D eigenvalue weighted by atomic mass is 10.0. The van der Waals surface area contributed by atoms with E-state index in [1.54, 1.807) is 30.3 Å². The fourth-order valence-corrected chi connectivity index (χ4v) is 4.09. The second kappa shape index (κ2) is 14.9. The summed E-state index contributed by atoms with van der Waals surface area (Å²) in [7, 11) is 0. The molecule has 0 aliphatic carbocycles. The molecule has 222 valence electrons. The summed E-state index contributed by atoms with van der Waals surface area (Å²) >= 11 is 0. The van der Waals surface area contributed by atoms with Crippen molar-refractivity contribution in [1.82, 2.24) is 25.9 Å². The number of imidazole rings is 1. The van der Waals surface area contributed by atoms with Crippen LogP contribution in [0.2, 0.25) is 0 Å². The number of carbonyl (C=O) groups is 5. The van der Waals surface area contributed by atoms with Crippen LogP contribution < -0.4 is 27.4 Å². The van der Waals surface area contributed by atoms with Crippen LogP contribution in [0.5, 0.6) is 5.75 Å². The van der Waals surface area contributed by atoms with E-state index in [1.807, 2.05) is 0 Å². The normalized spacial score (nSPS) is 13.6. The molecule has 3 rings (SSSR count). The Bertz CT molecular complexity index is 1370.